The molecule has 1 fully saturated rings. The van der Waals surface area contributed by atoms with Gasteiger partial charge in [-0.2, -0.15) is 0 Å². The molecular formula is C12H11ClFN3O2S. The van der Waals surface area contributed by atoms with E-state index in [-0.39, 0.29) is 23.3 Å². The van der Waals surface area contributed by atoms with Crippen LogP contribution in [-0.4, -0.2) is 29.3 Å². The number of benzene rings is 1. The number of amidine groups is 1. The number of carbonyl (C=O) groups excluding carboxylic acids is 2. The normalized spacial score (nSPS) is 20.6. The Morgan fingerprint density at radius 3 is 3.00 bits per heavy atom. The molecule has 1 heterocycles. The first-order valence-electron chi connectivity index (χ1n) is 5.69. The monoisotopic (exact) mass is 315 g/mol. The Morgan fingerprint density at radius 1 is 1.60 bits per heavy atom. The van der Waals surface area contributed by atoms with Crippen molar-refractivity contribution in [1.29, 1.82) is 0 Å². The number of nitrogens with one attached hydrogen (secondary N) is 2. The van der Waals surface area contributed by atoms with Crippen molar-refractivity contribution in [2.45, 2.75) is 11.7 Å². The lowest BCUT2D eigenvalue weighted by atomic mass is 10.2. The molecule has 5 nitrogen and oxygen atoms in total. The Morgan fingerprint density at radius 2 is 2.35 bits per heavy atom. The molecule has 106 valence electrons. The van der Waals surface area contributed by atoms with E-state index in [0.717, 1.165) is 6.07 Å². The number of hydrogen-bond donors (Lipinski definition) is 2. The summed E-state index contributed by atoms with van der Waals surface area (Å²) >= 11 is 6.81. The van der Waals surface area contributed by atoms with Gasteiger partial charge in [-0.1, -0.05) is 23.4 Å². The summed E-state index contributed by atoms with van der Waals surface area (Å²) in [6, 6.07) is 3.89. The molecule has 2 amide bonds. The number of hydrogen-bond acceptors (Lipinski definition) is 4. The molecule has 0 aliphatic carbocycles. The summed E-state index contributed by atoms with van der Waals surface area (Å²) in [5, 5.41) is 4.90. The first kappa shape index (κ1) is 14.8. The smallest absolute Gasteiger partial charge is 0.238 e. The molecule has 20 heavy (non-hydrogen) atoms. The molecule has 0 aromatic heterocycles. The van der Waals surface area contributed by atoms with Crippen LogP contribution in [0.25, 0.3) is 0 Å². The number of anilines is 1. The summed E-state index contributed by atoms with van der Waals surface area (Å²) in [7, 11) is 1.53. The van der Waals surface area contributed by atoms with Crippen LogP contribution >= 0.6 is 23.4 Å². The Balaban J connectivity index is 2.07. The lowest BCUT2D eigenvalue weighted by Gasteiger charge is -2.21. The number of amides is 2. The molecule has 1 saturated heterocycles. The molecular weight excluding hydrogens is 305 g/mol. The molecule has 1 aromatic rings. The van der Waals surface area contributed by atoms with Gasteiger partial charge in [0.25, 0.3) is 0 Å². The van der Waals surface area contributed by atoms with Gasteiger partial charge in [0.1, 0.15) is 11.1 Å². The van der Waals surface area contributed by atoms with Gasteiger partial charge in [-0.15, -0.1) is 0 Å². The van der Waals surface area contributed by atoms with Gasteiger partial charge >= 0.3 is 0 Å². The molecule has 0 saturated carbocycles. The van der Waals surface area contributed by atoms with Gasteiger partial charge in [-0.3, -0.25) is 14.6 Å². The van der Waals surface area contributed by atoms with Crippen LogP contribution in [0.2, 0.25) is 5.02 Å². The van der Waals surface area contributed by atoms with Gasteiger partial charge in [0, 0.05) is 19.2 Å². The van der Waals surface area contributed by atoms with Crippen LogP contribution in [0.1, 0.15) is 6.42 Å². The Hall–Kier alpha value is -1.60. The number of halogens is 2. The fourth-order valence-corrected chi connectivity index (χ4v) is 2.72. The van der Waals surface area contributed by atoms with Crippen molar-refractivity contribution in [3.63, 3.8) is 0 Å². The van der Waals surface area contributed by atoms with Crippen molar-refractivity contribution in [2.75, 3.05) is 12.4 Å². The Kier molecular flexibility index (Phi) is 4.61. The predicted molar refractivity (Wildman–Crippen MR) is 77.5 cm³/mol. The van der Waals surface area contributed by atoms with Gasteiger partial charge < -0.3 is 10.6 Å². The highest BCUT2D eigenvalue weighted by Crippen LogP contribution is 2.24. The third-order valence-electron chi connectivity index (χ3n) is 2.55. The van der Waals surface area contributed by atoms with Gasteiger partial charge in [0.15, 0.2) is 5.17 Å². The highest BCUT2D eigenvalue weighted by molar-refractivity contribution is 8.15. The predicted octanol–water partition coefficient (Wildman–Crippen LogP) is 2.03. The van der Waals surface area contributed by atoms with Gasteiger partial charge in [0.05, 0.1) is 5.02 Å². The maximum absolute atomic E-state index is 13.0. The topological polar surface area (TPSA) is 70.6 Å². The standard InChI is InChI=1S/C12H11ClFN3O2S/c1-15-12-17-10(18)5-9(20-12)11(19)16-6-2-3-8(14)7(13)4-6/h2-4,9H,5H2,1H3,(H,16,19)(H,15,17,18)/t9-/m1/s1. The molecule has 2 N–H and O–H groups in total. The summed E-state index contributed by atoms with van der Waals surface area (Å²) in [5.74, 6) is -1.17. The molecule has 1 aliphatic rings. The second-order valence-electron chi connectivity index (χ2n) is 4.01. The zero-order valence-electron chi connectivity index (χ0n) is 10.4. The van der Waals surface area contributed by atoms with E-state index in [1.807, 2.05) is 0 Å². The molecule has 0 radical (unpaired) electrons. The molecule has 1 atom stereocenters. The van der Waals surface area contributed by atoms with Crippen molar-refractivity contribution in [3.8, 4) is 0 Å². The number of thioether (sulfide) groups is 1. The summed E-state index contributed by atoms with van der Waals surface area (Å²) in [6.45, 7) is 0. The van der Waals surface area contributed by atoms with E-state index in [0.29, 0.717) is 10.9 Å². The van der Waals surface area contributed by atoms with E-state index in [1.165, 1.54) is 30.9 Å². The Labute approximate surface area is 124 Å². The second kappa shape index (κ2) is 6.23. The van der Waals surface area contributed by atoms with Crippen molar-refractivity contribution < 1.29 is 14.0 Å². The van der Waals surface area contributed by atoms with Crippen LogP contribution in [0.15, 0.2) is 23.2 Å². The first-order valence-corrected chi connectivity index (χ1v) is 6.94. The molecule has 2 rings (SSSR count). The Bertz CT molecular complexity index is 594. The van der Waals surface area contributed by atoms with Crippen LogP contribution in [0, 0.1) is 5.82 Å². The van der Waals surface area contributed by atoms with Crippen molar-refractivity contribution in [3.05, 3.63) is 29.0 Å². The quantitative estimate of drug-likeness (QED) is 0.877. The fraction of sp³-hybridized carbons (Fsp3) is 0.250. The number of carbonyl (C=O) groups is 2. The van der Waals surface area contributed by atoms with E-state index in [1.54, 1.807) is 0 Å². The molecule has 0 bridgehead atoms. The summed E-state index contributed by atoms with van der Waals surface area (Å²) in [4.78, 5) is 27.4. The van der Waals surface area contributed by atoms with Crippen molar-refractivity contribution >= 4 is 46.0 Å². The lowest BCUT2D eigenvalue weighted by molar-refractivity contribution is -0.123. The maximum atomic E-state index is 13.0. The minimum Gasteiger partial charge on any atom is -0.325 e. The first-order chi connectivity index (χ1) is 9.49. The molecule has 0 unspecified atom stereocenters. The van der Waals surface area contributed by atoms with Gasteiger partial charge in [-0.25, -0.2) is 4.39 Å². The summed E-state index contributed by atoms with van der Waals surface area (Å²) < 4.78 is 13.0. The van der Waals surface area contributed by atoms with E-state index >= 15 is 0 Å². The zero-order valence-corrected chi connectivity index (χ0v) is 12.0. The third kappa shape index (κ3) is 3.49. The van der Waals surface area contributed by atoms with Gasteiger partial charge in [-0.05, 0) is 18.2 Å². The largest absolute Gasteiger partial charge is 0.325 e. The SMILES string of the molecule is CN=C1NC(=O)C[C@H](C(=O)Nc2ccc(F)c(Cl)c2)S1. The van der Waals surface area contributed by atoms with Crippen LogP contribution < -0.4 is 10.6 Å². The second-order valence-corrected chi connectivity index (χ2v) is 5.60. The van der Waals surface area contributed by atoms with E-state index in [2.05, 4.69) is 15.6 Å². The minimum atomic E-state index is -0.578. The van der Waals surface area contributed by atoms with Crippen molar-refractivity contribution in [2.24, 2.45) is 4.99 Å². The lowest BCUT2D eigenvalue weighted by Crippen LogP contribution is -2.41. The summed E-state index contributed by atoms with van der Waals surface area (Å²) in [5.41, 5.74) is 0.378. The van der Waals surface area contributed by atoms with E-state index in [4.69, 9.17) is 11.6 Å². The van der Waals surface area contributed by atoms with Crippen LogP contribution in [0.3, 0.4) is 0 Å². The highest BCUT2D eigenvalue weighted by Gasteiger charge is 2.29. The van der Waals surface area contributed by atoms with Crippen molar-refractivity contribution in [1.82, 2.24) is 5.32 Å². The van der Waals surface area contributed by atoms with E-state index < -0.39 is 11.1 Å². The zero-order chi connectivity index (χ0) is 14.7. The highest BCUT2D eigenvalue weighted by atomic mass is 35.5. The van der Waals surface area contributed by atoms with Gasteiger partial charge in [0.2, 0.25) is 11.8 Å². The maximum Gasteiger partial charge on any atom is 0.238 e. The third-order valence-corrected chi connectivity index (χ3v) is 4.02. The molecule has 1 aromatic carbocycles. The summed E-state index contributed by atoms with van der Waals surface area (Å²) in [6.07, 6.45) is 0.0600. The average molecular weight is 316 g/mol. The molecule has 1 aliphatic heterocycles. The fourth-order valence-electron chi connectivity index (χ4n) is 1.60. The molecule has 8 heteroatoms. The number of aliphatic imine (C=N–C) groups is 1. The van der Waals surface area contributed by atoms with Crippen LogP contribution in [-0.2, 0) is 9.59 Å². The van der Waals surface area contributed by atoms with E-state index in [9.17, 15) is 14.0 Å². The van der Waals surface area contributed by atoms with Crippen LogP contribution in [0.4, 0.5) is 10.1 Å². The number of nitrogens with zero attached hydrogens (tertiary/aromatic N) is 1. The number of rotatable bonds is 2. The minimum absolute atomic E-state index is 0.0600. The molecule has 0 spiro atoms. The average Bonchev–Trinajstić information content (AvgIpc) is 2.42. The van der Waals surface area contributed by atoms with Crippen LogP contribution in [0.5, 0.6) is 0 Å².